The second-order valence-electron chi connectivity index (χ2n) is 3.30. The lowest BCUT2D eigenvalue weighted by atomic mass is 10.1. The number of rotatable bonds is 2. The molecule has 0 atom stereocenters. The maximum atomic E-state index is 11.2. The summed E-state index contributed by atoms with van der Waals surface area (Å²) in [5.41, 5.74) is 1.17. The molecule has 1 heterocycles. The van der Waals surface area contributed by atoms with Gasteiger partial charge in [0.2, 0.25) is 0 Å². The number of hydrogen-bond donors (Lipinski definition) is 0. The van der Waals surface area contributed by atoms with Gasteiger partial charge in [-0.2, -0.15) is 0 Å². The summed E-state index contributed by atoms with van der Waals surface area (Å²) in [5.74, 6) is 0. The van der Waals surface area contributed by atoms with Crippen LogP contribution in [0.2, 0.25) is 0 Å². The molecule has 0 saturated carbocycles. The fraction of sp³-hybridized carbons (Fsp3) is 0.0909. The number of anilines is 1. The van der Waals surface area contributed by atoms with Gasteiger partial charge in [0.15, 0.2) is 0 Å². The molecular formula is C11H7ClNO3. The lowest BCUT2D eigenvalue weighted by molar-refractivity contribution is 0.557. The number of carbonyl (C=O) groups excluding carboxylic acids is 1. The Labute approximate surface area is 96.1 Å². The van der Waals surface area contributed by atoms with Gasteiger partial charge in [0.25, 0.3) is 0 Å². The number of fused-ring (bicyclic) bond motifs is 1. The molecule has 5 heteroatoms. The molecule has 1 radical (unpaired) electrons. The van der Waals surface area contributed by atoms with Crippen molar-refractivity contribution >= 4 is 34.8 Å². The molecule has 2 aromatic rings. The molecule has 0 unspecified atom stereocenters. The third kappa shape index (κ3) is 1.79. The Morgan fingerprint density at radius 3 is 2.81 bits per heavy atom. The van der Waals surface area contributed by atoms with Gasteiger partial charge in [-0.05, 0) is 24.6 Å². The zero-order valence-corrected chi connectivity index (χ0v) is 9.12. The second-order valence-corrected chi connectivity index (χ2v) is 3.64. The minimum Gasteiger partial charge on any atom is -0.423 e. The molecule has 2 rings (SSSR count). The molecule has 16 heavy (non-hydrogen) atoms. The summed E-state index contributed by atoms with van der Waals surface area (Å²) in [6.45, 7) is 1.81. The highest BCUT2D eigenvalue weighted by atomic mass is 35.5. The third-order valence-corrected chi connectivity index (χ3v) is 2.51. The Balaban J connectivity index is 2.70. The van der Waals surface area contributed by atoms with Crippen molar-refractivity contribution in [3.8, 4) is 0 Å². The van der Waals surface area contributed by atoms with E-state index in [0.717, 1.165) is 15.4 Å². The molecule has 0 N–H and O–H groups in total. The lowest BCUT2D eigenvalue weighted by Gasteiger charge is -2.07. The number of halogens is 1. The smallest absolute Gasteiger partial charge is 0.336 e. The van der Waals surface area contributed by atoms with Crippen LogP contribution in [0.5, 0.6) is 0 Å². The SMILES string of the molecule is Cc1cc(=O)oc2cc(N(Cl)[C]=O)ccc12. The topological polar surface area (TPSA) is 50.5 Å². The van der Waals surface area contributed by atoms with Crippen LogP contribution in [0.1, 0.15) is 5.56 Å². The molecule has 0 fully saturated rings. The molecule has 0 saturated heterocycles. The van der Waals surface area contributed by atoms with Crippen LogP contribution in [0.15, 0.2) is 33.5 Å². The summed E-state index contributed by atoms with van der Waals surface area (Å²) < 4.78 is 5.77. The maximum Gasteiger partial charge on any atom is 0.336 e. The largest absolute Gasteiger partial charge is 0.423 e. The molecule has 4 nitrogen and oxygen atoms in total. The lowest BCUT2D eigenvalue weighted by Crippen LogP contribution is -2.06. The van der Waals surface area contributed by atoms with Gasteiger partial charge in [0.1, 0.15) is 5.58 Å². The first-order valence-corrected chi connectivity index (χ1v) is 4.84. The van der Waals surface area contributed by atoms with Gasteiger partial charge in [-0.3, -0.25) is 4.79 Å². The van der Waals surface area contributed by atoms with E-state index in [4.69, 9.17) is 16.2 Å². The average Bonchev–Trinajstić information content (AvgIpc) is 2.27. The summed E-state index contributed by atoms with van der Waals surface area (Å²) in [7, 11) is 0. The summed E-state index contributed by atoms with van der Waals surface area (Å²) >= 11 is 5.56. The molecule has 1 amide bonds. The van der Waals surface area contributed by atoms with E-state index in [1.807, 2.05) is 6.92 Å². The van der Waals surface area contributed by atoms with Crippen LogP contribution in [-0.2, 0) is 4.79 Å². The number of benzene rings is 1. The van der Waals surface area contributed by atoms with Gasteiger partial charge >= 0.3 is 12.0 Å². The van der Waals surface area contributed by atoms with Gasteiger partial charge in [-0.25, -0.2) is 9.21 Å². The summed E-state index contributed by atoms with van der Waals surface area (Å²) in [4.78, 5) is 21.5. The minimum atomic E-state index is -0.432. The molecule has 0 aliphatic rings. The standard InChI is InChI=1S/C11H7ClNO3/c1-7-4-11(15)16-10-5-8(13(12)6-14)2-3-9(7)10/h2-5H,1H3. The van der Waals surface area contributed by atoms with Gasteiger partial charge < -0.3 is 4.42 Å². The quantitative estimate of drug-likeness (QED) is 0.456. The average molecular weight is 237 g/mol. The Hall–Kier alpha value is -1.81. The highest BCUT2D eigenvalue weighted by molar-refractivity contribution is 6.33. The number of hydrogen-bond acceptors (Lipinski definition) is 3. The van der Waals surface area contributed by atoms with Gasteiger partial charge in [0, 0.05) is 29.3 Å². The van der Waals surface area contributed by atoms with Crippen LogP contribution in [0, 0.1) is 6.92 Å². The van der Waals surface area contributed by atoms with Crippen LogP contribution in [0.25, 0.3) is 11.0 Å². The van der Waals surface area contributed by atoms with Crippen LogP contribution in [-0.4, -0.2) is 6.41 Å². The van der Waals surface area contributed by atoms with E-state index in [0.29, 0.717) is 11.3 Å². The van der Waals surface area contributed by atoms with Crippen molar-refractivity contribution in [3.63, 3.8) is 0 Å². The maximum absolute atomic E-state index is 11.2. The number of nitrogens with zero attached hydrogens (tertiary/aromatic N) is 1. The normalized spacial score (nSPS) is 10.4. The van der Waals surface area contributed by atoms with Gasteiger partial charge in [-0.15, -0.1) is 0 Å². The minimum absolute atomic E-state index is 0.392. The molecule has 0 bridgehead atoms. The predicted molar refractivity (Wildman–Crippen MR) is 61.2 cm³/mol. The zero-order chi connectivity index (χ0) is 11.7. The predicted octanol–water partition coefficient (Wildman–Crippen LogP) is 2.13. The molecule has 0 aliphatic heterocycles. The molecule has 0 aliphatic carbocycles. The zero-order valence-electron chi connectivity index (χ0n) is 8.36. The van der Waals surface area contributed by atoms with Crippen molar-refractivity contribution < 1.29 is 9.21 Å². The van der Waals surface area contributed by atoms with Gasteiger partial charge in [-0.1, -0.05) is 0 Å². The van der Waals surface area contributed by atoms with Crippen LogP contribution < -0.4 is 10.0 Å². The van der Waals surface area contributed by atoms with Crippen LogP contribution >= 0.6 is 11.8 Å². The number of aryl methyl sites for hydroxylation is 1. The fourth-order valence-electron chi connectivity index (χ4n) is 1.49. The Kier molecular flexibility index (Phi) is 2.66. The number of amides is 1. The van der Waals surface area contributed by atoms with Crippen molar-refractivity contribution in [1.82, 2.24) is 0 Å². The molecule has 0 spiro atoms. The van der Waals surface area contributed by atoms with Crippen molar-refractivity contribution in [1.29, 1.82) is 0 Å². The second kappa shape index (κ2) is 3.98. The summed E-state index contributed by atoms with van der Waals surface area (Å²) in [5, 5.41) is 0.805. The van der Waals surface area contributed by atoms with E-state index in [-0.39, 0.29) is 0 Å². The molecule has 81 valence electrons. The van der Waals surface area contributed by atoms with E-state index in [1.54, 1.807) is 12.1 Å². The van der Waals surface area contributed by atoms with E-state index in [1.165, 1.54) is 18.5 Å². The first-order valence-electron chi connectivity index (χ1n) is 4.50. The Bertz CT molecular complexity index is 606. The monoisotopic (exact) mass is 236 g/mol. The molecular weight excluding hydrogens is 230 g/mol. The molecule has 1 aromatic heterocycles. The third-order valence-electron chi connectivity index (χ3n) is 2.24. The highest BCUT2D eigenvalue weighted by Gasteiger charge is 2.07. The first-order chi connectivity index (χ1) is 7.61. The highest BCUT2D eigenvalue weighted by Crippen LogP contribution is 2.23. The summed E-state index contributed by atoms with van der Waals surface area (Å²) in [6.07, 6.45) is 1.50. The Morgan fingerprint density at radius 2 is 2.12 bits per heavy atom. The fourth-order valence-corrected chi connectivity index (χ4v) is 1.59. The van der Waals surface area contributed by atoms with Crippen LogP contribution in [0.4, 0.5) is 5.69 Å². The Morgan fingerprint density at radius 1 is 1.38 bits per heavy atom. The molecule has 1 aromatic carbocycles. The summed E-state index contributed by atoms with van der Waals surface area (Å²) in [6, 6.07) is 6.30. The van der Waals surface area contributed by atoms with E-state index in [9.17, 15) is 9.59 Å². The van der Waals surface area contributed by atoms with Crippen LogP contribution in [0.3, 0.4) is 0 Å². The van der Waals surface area contributed by atoms with Crippen molar-refractivity contribution in [2.45, 2.75) is 6.92 Å². The first kappa shape index (κ1) is 10.7. The van der Waals surface area contributed by atoms with Crippen molar-refractivity contribution in [2.24, 2.45) is 0 Å². The van der Waals surface area contributed by atoms with Crippen molar-refractivity contribution in [3.05, 3.63) is 40.2 Å². The van der Waals surface area contributed by atoms with Gasteiger partial charge in [0.05, 0.1) is 5.69 Å². The van der Waals surface area contributed by atoms with E-state index < -0.39 is 5.63 Å². The van der Waals surface area contributed by atoms with E-state index >= 15 is 0 Å². The van der Waals surface area contributed by atoms with E-state index in [2.05, 4.69) is 0 Å². The van der Waals surface area contributed by atoms with Crippen molar-refractivity contribution in [2.75, 3.05) is 4.42 Å².